The van der Waals surface area contributed by atoms with E-state index in [-0.39, 0.29) is 11.5 Å². The zero-order valence-corrected chi connectivity index (χ0v) is 19.5. The van der Waals surface area contributed by atoms with Crippen LogP contribution >= 0.6 is 12.2 Å². The van der Waals surface area contributed by atoms with Gasteiger partial charge in [0.2, 0.25) is 0 Å². The van der Waals surface area contributed by atoms with Crippen LogP contribution in [0.15, 0.2) is 66.0 Å². The predicted octanol–water partition coefficient (Wildman–Crippen LogP) is 3.71. The van der Waals surface area contributed by atoms with E-state index < -0.39 is 0 Å². The van der Waals surface area contributed by atoms with Gasteiger partial charge in [0, 0.05) is 37.8 Å². The lowest BCUT2D eigenvalue weighted by Gasteiger charge is -2.18. The molecule has 33 heavy (non-hydrogen) atoms. The van der Waals surface area contributed by atoms with Crippen LogP contribution in [0.2, 0.25) is 0 Å². The van der Waals surface area contributed by atoms with Crippen molar-refractivity contribution in [1.82, 2.24) is 25.3 Å². The highest BCUT2D eigenvalue weighted by atomic mass is 32.1. The summed E-state index contributed by atoms with van der Waals surface area (Å²) in [4.78, 5) is 30.4. The highest BCUT2D eigenvalue weighted by Gasteiger charge is 2.24. The zero-order chi connectivity index (χ0) is 23.4. The number of H-pyrrole nitrogens is 1. The number of allylic oxidation sites excluding steroid dienone is 1. The minimum Gasteiger partial charge on any atom is -0.342 e. The molecule has 1 aliphatic rings. The predicted molar refractivity (Wildman–Crippen MR) is 134 cm³/mol. The average Bonchev–Trinajstić information content (AvgIpc) is 3.30. The van der Waals surface area contributed by atoms with Crippen LogP contribution in [-0.4, -0.2) is 40.0 Å². The number of nitrogens with one attached hydrogen (secondary N) is 3. The van der Waals surface area contributed by atoms with E-state index in [0.717, 1.165) is 19.3 Å². The minimum atomic E-state index is -0.188. The number of amides is 1. The van der Waals surface area contributed by atoms with Gasteiger partial charge in [0.1, 0.15) is 0 Å². The standard InChI is InChI=1S/C25H29N5O2S/c1-3-13-30-24(32)20-12-11-18(15-22(20)26-25(30)33)23(31)29(2)14-7-10-19-16-21(28-27-19)17-8-5-4-6-9-17/h3-6,8-9,11-12,15,19,21,27-28H,1,7,10,13-14,16H2,2H3,(H,26,33). The Kier molecular flexibility index (Phi) is 7.17. The molecule has 0 aliphatic carbocycles. The molecular weight excluding hydrogens is 434 g/mol. The first-order chi connectivity index (χ1) is 16.0. The highest BCUT2D eigenvalue weighted by molar-refractivity contribution is 7.71. The maximum Gasteiger partial charge on any atom is 0.262 e. The lowest BCUT2D eigenvalue weighted by Crippen LogP contribution is -2.32. The van der Waals surface area contributed by atoms with Crippen molar-refractivity contribution in [2.75, 3.05) is 13.6 Å². The number of benzene rings is 2. The molecule has 2 heterocycles. The Balaban J connectivity index is 1.35. The van der Waals surface area contributed by atoms with Crippen molar-refractivity contribution < 1.29 is 4.79 Å². The van der Waals surface area contributed by atoms with Gasteiger partial charge in [-0.1, -0.05) is 36.4 Å². The SMILES string of the molecule is C=CCn1c(=S)[nH]c2cc(C(=O)N(C)CCCC3CC(c4ccccc4)NN3)ccc2c1=O. The third kappa shape index (κ3) is 5.13. The maximum atomic E-state index is 13.0. The number of hydrogen-bond donors (Lipinski definition) is 3. The second-order valence-electron chi connectivity index (χ2n) is 8.45. The van der Waals surface area contributed by atoms with Crippen molar-refractivity contribution in [3.63, 3.8) is 0 Å². The van der Waals surface area contributed by atoms with Crippen molar-refractivity contribution in [3.05, 3.63) is 87.4 Å². The molecule has 0 spiro atoms. The molecule has 1 saturated heterocycles. The molecule has 2 aromatic carbocycles. The van der Waals surface area contributed by atoms with Crippen molar-refractivity contribution in [1.29, 1.82) is 0 Å². The number of aromatic nitrogens is 2. The molecule has 0 radical (unpaired) electrons. The number of rotatable bonds is 8. The van der Waals surface area contributed by atoms with E-state index in [9.17, 15) is 9.59 Å². The Hall–Kier alpha value is -3.07. The molecule has 1 fully saturated rings. The van der Waals surface area contributed by atoms with E-state index >= 15 is 0 Å². The molecule has 3 N–H and O–H groups in total. The van der Waals surface area contributed by atoms with Crippen LogP contribution in [0.5, 0.6) is 0 Å². The van der Waals surface area contributed by atoms with Gasteiger partial charge in [-0.05, 0) is 55.2 Å². The topological polar surface area (TPSA) is 82.2 Å². The summed E-state index contributed by atoms with van der Waals surface area (Å²) in [5.41, 5.74) is 8.94. The van der Waals surface area contributed by atoms with Gasteiger partial charge in [0.15, 0.2) is 4.77 Å². The molecule has 1 aliphatic heterocycles. The van der Waals surface area contributed by atoms with Crippen molar-refractivity contribution in [2.45, 2.75) is 37.9 Å². The summed E-state index contributed by atoms with van der Waals surface area (Å²) in [7, 11) is 1.81. The fourth-order valence-electron chi connectivity index (χ4n) is 4.29. The van der Waals surface area contributed by atoms with Crippen LogP contribution < -0.4 is 16.4 Å². The van der Waals surface area contributed by atoms with Crippen molar-refractivity contribution >= 4 is 29.0 Å². The fraction of sp³-hybridized carbons (Fsp3) is 0.320. The molecule has 3 aromatic rings. The second kappa shape index (κ2) is 10.2. The molecule has 0 saturated carbocycles. The summed E-state index contributed by atoms with van der Waals surface area (Å²) in [5, 5.41) is 0.498. The first kappa shape index (κ1) is 23.1. The molecule has 1 amide bonds. The molecule has 7 nitrogen and oxygen atoms in total. The number of fused-ring (bicyclic) bond motifs is 1. The van der Waals surface area contributed by atoms with Gasteiger partial charge in [-0.25, -0.2) is 0 Å². The second-order valence-corrected chi connectivity index (χ2v) is 8.84. The third-order valence-electron chi connectivity index (χ3n) is 6.12. The molecular formula is C25H29N5O2S. The summed E-state index contributed by atoms with van der Waals surface area (Å²) in [6.07, 6.45) is 4.52. The molecule has 4 rings (SSSR count). The Morgan fingerprint density at radius 2 is 2.03 bits per heavy atom. The Morgan fingerprint density at radius 3 is 2.79 bits per heavy atom. The summed E-state index contributed by atoms with van der Waals surface area (Å²) < 4.78 is 1.77. The first-order valence-corrected chi connectivity index (χ1v) is 11.6. The van der Waals surface area contributed by atoms with Gasteiger partial charge >= 0.3 is 0 Å². The number of hydrogen-bond acceptors (Lipinski definition) is 5. The summed E-state index contributed by atoms with van der Waals surface area (Å²) in [5.74, 6) is -0.0776. The summed E-state index contributed by atoms with van der Waals surface area (Å²) in [6, 6.07) is 16.2. The van der Waals surface area contributed by atoms with Crippen molar-refractivity contribution in [3.8, 4) is 0 Å². The summed E-state index contributed by atoms with van der Waals surface area (Å²) >= 11 is 5.30. The van der Waals surface area contributed by atoms with Gasteiger partial charge in [-0.15, -0.1) is 6.58 Å². The fourth-order valence-corrected chi connectivity index (χ4v) is 4.56. The monoisotopic (exact) mass is 463 g/mol. The lowest BCUT2D eigenvalue weighted by atomic mass is 10.00. The van der Waals surface area contributed by atoms with Crippen LogP contribution in [0.3, 0.4) is 0 Å². The van der Waals surface area contributed by atoms with Crippen LogP contribution in [0, 0.1) is 4.77 Å². The molecule has 2 atom stereocenters. The van der Waals surface area contributed by atoms with E-state index in [4.69, 9.17) is 12.2 Å². The maximum absolute atomic E-state index is 13.0. The quantitative estimate of drug-likeness (QED) is 0.351. The number of aromatic amines is 1. The smallest absolute Gasteiger partial charge is 0.262 e. The Bertz CT molecular complexity index is 1270. The first-order valence-electron chi connectivity index (χ1n) is 11.2. The van der Waals surface area contributed by atoms with Crippen LogP contribution in [-0.2, 0) is 6.54 Å². The largest absolute Gasteiger partial charge is 0.342 e. The molecule has 172 valence electrons. The van der Waals surface area contributed by atoms with Gasteiger partial charge in [-0.2, -0.15) is 0 Å². The van der Waals surface area contributed by atoms with E-state index in [0.29, 0.717) is 46.4 Å². The van der Waals surface area contributed by atoms with Gasteiger partial charge in [-0.3, -0.25) is 25.0 Å². The van der Waals surface area contributed by atoms with E-state index in [1.807, 2.05) is 13.1 Å². The van der Waals surface area contributed by atoms with Crippen LogP contribution in [0.25, 0.3) is 10.9 Å². The van der Waals surface area contributed by atoms with E-state index in [1.165, 1.54) is 10.1 Å². The number of hydrazine groups is 1. The number of nitrogens with zero attached hydrogens (tertiary/aromatic N) is 2. The molecule has 1 aromatic heterocycles. The lowest BCUT2D eigenvalue weighted by molar-refractivity contribution is 0.0792. The molecule has 8 heteroatoms. The van der Waals surface area contributed by atoms with Gasteiger partial charge < -0.3 is 9.88 Å². The minimum absolute atomic E-state index is 0.0776. The van der Waals surface area contributed by atoms with Crippen LogP contribution in [0.4, 0.5) is 0 Å². The van der Waals surface area contributed by atoms with E-state index in [2.05, 4.69) is 46.7 Å². The average molecular weight is 464 g/mol. The Morgan fingerprint density at radius 1 is 1.24 bits per heavy atom. The number of carbonyl (C=O) groups excluding carboxylic acids is 1. The normalized spacial score (nSPS) is 17.8. The Labute approximate surface area is 198 Å². The van der Waals surface area contributed by atoms with Gasteiger partial charge in [0.25, 0.3) is 11.5 Å². The van der Waals surface area contributed by atoms with Crippen molar-refractivity contribution in [2.24, 2.45) is 0 Å². The molecule has 0 bridgehead atoms. The third-order valence-corrected chi connectivity index (χ3v) is 6.44. The number of carbonyl (C=O) groups is 1. The van der Waals surface area contributed by atoms with E-state index in [1.54, 1.807) is 29.2 Å². The summed E-state index contributed by atoms with van der Waals surface area (Å²) in [6.45, 7) is 4.66. The highest BCUT2D eigenvalue weighted by Crippen LogP contribution is 2.24. The molecule has 2 unspecified atom stereocenters. The zero-order valence-electron chi connectivity index (χ0n) is 18.7. The van der Waals surface area contributed by atoms with Gasteiger partial charge in [0.05, 0.1) is 10.9 Å². The van der Waals surface area contributed by atoms with Crippen LogP contribution in [0.1, 0.15) is 41.2 Å².